The van der Waals surface area contributed by atoms with Crippen molar-refractivity contribution in [1.29, 1.82) is 0 Å². The third-order valence-electron chi connectivity index (χ3n) is 2.36. The first-order chi connectivity index (χ1) is 7.72. The molecule has 2 aromatic heterocycles. The minimum Gasteiger partial charge on any atom is -0.361 e. The molecule has 16 heavy (non-hydrogen) atoms. The Morgan fingerprint density at radius 1 is 1.44 bits per heavy atom. The molecular formula is C10H11N5O. The summed E-state index contributed by atoms with van der Waals surface area (Å²) >= 11 is 0. The van der Waals surface area contributed by atoms with E-state index in [1.807, 2.05) is 13.8 Å². The lowest BCUT2D eigenvalue weighted by Crippen LogP contribution is -2.06. The van der Waals surface area contributed by atoms with Crippen LogP contribution in [-0.2, 0) is 13.0 Å². The summed E-state index contributed by atoms with van der Waals surface area (Å²) in [5.41, 5.74) is 1.86. The van der Waals surface area contributed by atoms with Gasteiger partial charge in [-0.1, -0.05) is 11.1 Å². The fourth-order valence-electron chi connectivity index (χ4n) is 1.47. The van der Waals surface area contributed by atoms with Crippen LogP contribution in [0.1, 0.15) is 22.8 Å². The molecule has 0 fully saturated rings. The molecule has 0 amide bonds. The van der Waals surface area contributed by atoms with E-state index in [1.165, 1.54) is 0 Å². The second-order valence-corrected chi connectivity index (χ2v) is 3.44. The topological polar surface area (TPSA) is 69.6 Å². The number of hydrogen-bond donors (Lipinski definition) is 0. The molecular weight excluding hydrogens is 206 g/mol. The summed E-state index contributed by atoms with van der Waals surface area (Å²) in [7, 11) is 0. The molecule has 0 aromatic carbocycles. The maximum atomic E-state index is 5.22. The van der Waals surface area contributed by atoms with Crippen molar-refractivity contribution >= 4 is 0 Å². The lowest BCUT2D eigenvalue weighted by Gasteiger charge is -1.99. The maximum absolute atomic E-state index is 5.22. The molecule has 6 heteroatoms. The smallest absolute Gasteiger partial charge is 0.156 e. The van der Waals surface area contributed by atoms with E-state index in [4.69, 9.17) is 10.9 Å². The predicted molar refractivity (Wildman–Crippen MR) is 55.4 cm³/mol. The average Bonchev–Trinajstić information content (AvgIpc) is 2.81. The Hall–Kier alpha value is -2.16. The zero-order valence-electron chi connectivity index (χ0n) is 9.14. The molecule has 0 saturated carbocycles. The molecule has 82 valence electrons. The van der Waals surface area contributed by atoms with Crippen molar-refractivity contribution in [1.82, 2.24) is 25.4 Å². The summed E-state index contributed by atoms with van der Waals surface area (Å²) in [6, 6.07) is 0. The zero-order chi connectivity index (χ0) is 11.5. The summed E-state index contributed by atoms with van der Waals surface area (Å²) in [5.74, 6) is 4.00. The molecule has 2 rings (SSSR count). The summed E-state index contributed by atoms with van der Waals surface area (Å²) in [5, 5.41) is 15.2. The highest BCUT2D eigenvalue weighted by Crippen LogP contribution is 2.15. The summed E-state index contributed by atoms with van der Waals surface area (Å²) in [6.45, 7) is 4.12. The monoisotopic (exact) mass is 217 g/mol. The van der Waals surface area contributed by atoms with Crippen LogP contribution < -0.4 is 0 Å². The average molecular weight is 217 g/mol. The largest absolute Gasteiger partial charge is 0.361 e. The van der Waals surface area contributed by atoms with Gasteiger partial charge in [0.1, 0.15) is 12.3 Å². The van der Waals surface area contributed by atoms with Gasteiger partial charge in [-0.05, 0) is 24.3 Å². The fourth-order valence-corrected chi connectivity index (χ4v) is 1.47. The molecule has 0 aliphatic carbocycles. The van der Waals surface area contributed by atoms with Crippen molar-refractivity contribution in [2.24, 2.45) is 0 Å². The highest BCUT2D eigenvalue weighted by molar-refractivity contribution is 5.24. The quantitative estimate of drug-likeness (QED) is 0.700. The standard InChI is InChI=1S/C10H11N5O/c1-4-5-15-10(11-13-14-15)6-9-7(2)12-16-8(9)3/h1H,5-6H2,2-3H3. The van der Waals surface area contributed by atoms with E-state index in [-0.39, 0.29) is 0 Å². The van der Waals surface area contributed by atoms with Crippen LogP contribution in [0.4, 0.5) is 0 Å². The third kappa shape index (κ3) is 1.80. The van der Waals surface area contributed by atoms with Crippen molar-refractivity contribution in [3.63, 3.8) is 0 Å². The molecule has 0 unspecified atom stereocenters. The van der Waals surface area contributed by atoms with E-state index in [2.05, 4.69) is 26.6 Å². The molecule has 0 aliphatic rings. The van der Waals surface area contributed by atoms with Gasteiger partial charge in [0, 0.05) is 12.0 Å². The lowest BCUT2D eigenvalue weighted by molar-refractivity contribution is 0.392. The van der Waals surface area contributed by atoms with Crippen LogP contribution in [0.2, 0.25) is 0 Å². The molecule has 6 nitrogen and oxygen atoms in total. The Kier molecular flexibility index (Phi) is 2.68. The van der Waals surface area contributed by atoms with Crippen LogP contribution in [0.15, 0.2) is 4.52 Å². The van der Waals surface area contributed by atoms with Gasteiger partial charge in [0.15, 0.2) is 5.82 Å². The van der Waals surface area contributed by atoms with Gasteiger partial charge in [0.25, 0.3) is 0 Å². The lowest BCUT2D eigenvalue weighted by atomic mass is 10.1. The number of rotatable bonds is 3. The van der Waals surface area contributed by atoms with Crippen molar-refractivity contribution in [2.75, 3.05) is 0 Å². The predicted octanol–water partition coefficient (Wildman–Crippen LogP) is 0.502. The number of aryl methyl sites for hydroxylation is 2. The highest BCUT2D eigenvalue weighted by atomic mass is 16.5. The van der Waals surface area contributed by atoms with Gasteiger partial charge in [0.05, 0.1) is 5.69 Å². The Morgan fingerprint density at radius 2 is 2.25 bits per heavy atom. The zero-order valence-corrected chi connectivity index (χ0v) is 9.14. The van der Waals surface area contributed by atoms with E-state index in [0.717, 1.165) is 17.0 Å². The first-order valence-electron chi connectivity index (χ1n) is 4.82. The molecule has 0 bridgehead atoms. The number of terminal acetylenes is 1. The minimum atomic E-state index is 0.367. The number of nitrogens with zero attached hydrogens (tertiary/aromatic N) is 5. The van der Waals surface area contributed by atoms with Crippen molar-refractivity contribution in [3.05, 3.63) is 22.8 Å². The van der Waals surface area contributed by atoms with Gasteiger partial charge in [-0.15, -0.1) is 11.5 Å². The Labute approximate surface area is 92.6 Å². The maximum Gasteiger partial charge on any atom is 0.156 e. The summed E-state index contributed by atoms with van der Waals surface area (Å²) in [4.78, 5) is 0. The fraction of sp³-hybridized carbons (Fsp3) is 0.400. The van der Waals surface area contributed by atoms with Gasteiger partial charge in [-0.2, -0.15) is 0 Å². The molecule has 2 aromatic rings. The molecule has 0 aliphatic heterocycles. The van der Waals surface area contributed by atoms with Gasteiger partial charge >= 0.3 is 0 Å². The number of tetrazole rings is 1. The normalized spacial score (nSPS) is 10.3. The van der Waals surface area contributed by atoms with E-state index in [9.17, 15) is 0 Å². The van der Waals surface area contributed by atoms with Gasteiger partial charge < -0.3 is 4.52 Å². The van der Waals surface area contributed by atoms with Crippen LogP contribution >= 0.6 is 0 Å². The molecule has 0 spiro atoms. The van der Waals surface area contributed by atoms with E-state index < -0.39 is 0 Å². The Balaban J connectivity index is 2.27. The highest BCUT2D eigenvalue weighted by Gasteiger charge is 2.13. The van der Waals surface area contributed by atoms with Gasteiger partial charge in [0.2, 0.25) is 0 Å². The van der Waals surface area contributed by atoms with Crippen LogP contribution in [0.5, 0.6) is 0 Å². The van der Waals surface area contributed by atoms with Crippen LogP contribution in [0.25, 0.3) is 0 Å². The van der Waals surface area contributed by atoms with Gasteiger partial charge in [-0.3, -0.25) is 0 Å². The number of hydrogen-bond acceptors (Lipinski definition) is 5. The second kappa shape index (κ2) is 4.14. The van der Waals surface area contributed by atoms with Crippen LogP contribution in [0, 0.1) is 26.2 Å². The first kappa shape index (κ1) is 10.4. The summed E-state index contributed by atoms with van der Waals surface area (Å²) in [6.07, 6.45) is 5.80. The van der Waals surface area contributed by atoms with E-state index in [1.54, 1.807) is 4.68 Å². The first-order valence-corrected chi connectivity index (χ1v) is 4.82. The number of aromatic nitrogens is 5. The molecule has 2 heterocycles. The third-order valence-corrected chi connectivity index (χ3v) is 2.36. The van der Waals surface area contributed by atoms with E-state index in [0.29, 0.717) is 18.8 Å². The molecule has 0 radical (unpaired) electrons. The van der Waals surface area contributed by atoms with Crippen LogP contribution in [-0.4, -0.2) is 25.4 Å². The van der Waals surface area contributed by atoms with E-state index >= 15 is 0 Å². The van der Waals surface area contributed by atoms with Gasteiger partial charge in [-0.25, -0.2) is 4.68 Å². The molecule has 0 atom stereocenters. The second-order valence-electron chi connectivity index (χ2n) is 3.44. The molecule has 0 saturated heterocycles. The minimum absolute atomic E-state index is 0.367. The van der Waals surface area contributed by atoms with Crippen molar-refractivity contribution < 1.29 is 4.52 Å². The summed E-state index contributed by atoms with van der Waals surface area (Å²) < 4.78 is 6.66. The van der Waals surface area contributed by atoms with Crippen molar-refractivity contribution in [2.45, 2.75) is 26.8 Å². The SMILES string of the molecule is C#CCn1nnnc1Cc1c(C)noc1C. The Morgan fingerprint density at radius 3 is 2.88 bits per heavy atom. The molecule has 0 N–H and O–H groups in total. The van der Waals surface area contributed by atoms with Crippen molar-refractivity contribution in [3.8, 4) is 12.3 Å². The van der Waals surface area contributed by atoms with Crippen LogP contribution in [0.3, 0.4) is 0 Å². The Bertz CT molecular complexity index is 514.